The molecule has 0 unspecified atom stereocenters. The van der Waals surface area contributed by atoms with Crippen molar-refractivity contribution >= 4 is 34.3 Å². The van der Waals surface area contributed by atoms with E-state index in [0.29, 0.717) is 11.5 Å². The molecule has 2 aromatic rings. The number of nitrogens with zero attached hydrogens (tertiary/aromatic N) is 2. The topological polar surface area (TPSA) is 36.7 Å². The summed E-state index contributed by atoms with van der Waals surface area (Å²) in [4.78, 5) is 5.66. The van der Waals surface area contributed by atoms with Gasteiger partial charge in [-0.2, -0.15) is 5.26 Å². The van der Waals surface area contributed by atoms with Gasteiger partial charge in [0.25, 0.3) is 0 Å². The van der Waals surface area contributed by atoms with Gasteiger partial charge in [0.1, 0.15) is 11.1 Å². The lowest BCUT2D eigenvalue weighted by atomic mass is 10.2. The zero-order valence-corrected chi connectivity index (χ0v) is 10.7. The van der Waals surface area contributed by atoms with Gasteiger partial charge in [0.05, 0.1) is 11.3 Å². The van der Waals surface area contributed by atoms with E-state index in [1.54, 1.807) is 22.7 Å². The van der Waals surface area contributed by atoms with Crippen molar-refractivity contribution in [3.8, 4) is 6.07 Å². The highest BCUT2D eigenvalue weighted by Gasteiger charge is 2.26. The van der Waals surface area contributed by atoms with Crippen LogP contribution >= 0.6 is 22.7 Å². The van der Waals surface area contributed by atoms with Crippen molar-refractivity contribution in [2.75, 3.05) is 0 Å². The minimum Gasteiger partial charge on any atom is -0.240 e. The zero-order chi connectivity index (χ0) is 11.7. The molecule has 1 saturated carbocycles. The number of hydrogen-bond acceptors (Lipinski definition) is 4. The SMILES string of the molecule is N#C/C(=C\c1cccs1)c1nc(C2CC2)cs1. The molecule has 0 aliphatic heterocycles. The maximum atomic E-state index is 9.19. The molecule has 0 radical (unpaired) electrons. The standard InChI is InChI=1S/C13H10N2S2/c14-7-10(6-11-2-1-5-16-11)13-15-12(8-17-13)9-3-4-9/h1-2,5-6,8-9H,3-4H2/b10-6+. The average Bonchev–Trinajstić information content (AvgIpc) is 2.89. The van der Waals surface area contributed by atoms with Crippen LogP contribution in [0, 0.1) is 11.3 Å². The highest BCUT2D eigenvalue weighted by atomic mass is 32.1. The van der Waals surface area contributed by atoms with Gasteiger partial charge in [-0.25, -0.2) is 4.98 Å². The van der Waals surface area contributed by atoms with Crippen LogP contribution < -0.4 is 0 Å². The molecule has 2 heterocycles. The van der Waals surface area contributed by atoms with Gasteiger partial charge >= 0.3 is 0 Å². The zero-order valence-electron chi connectivity index (χ0n) is 9.09. The van der Waals surface area contributed by atoms with Crippen LogP contribution in [-0.4, -0.2) is 4.98 Å². The first-order valence-electron chi connectivity index (χ1n) is 5.48. The van der Waals surface area contributed by atoms with Crippen molar-refractivity contribution < 1.29 is 0 Å². The number of allylic oxidation sites excluding steroid dienone is 1. The van der Waals surface area contributed by atoms with E-state index in [2.05, 4.69) is 16.4 Å². The second kappa shape index (κ2) is 4.44. The van der Waals surface area contributed by atoms with Gasteiger partial charge in [0.15, 0.2) is 0 Å². The Morgan fingerprint density at radius 2 is 2.35 bits per heavy atom. The molecule has 2 aromatic heterocycles. The van der Waals surface area contributed by atoms with Crippen molar-refractivity contribution in [2.45, 2.75) is 18.8 Å². The number of thiophene rings is 1. The molecule has 2 nitrogen and oxygen atoms in total. The lowest BCUT2D eigenvalue weighted by Crippen LogP contribution is -1.82. The van der Waals surface area contributed by atoms with Gasteiger partial charge in [-0.1, -0.05) is 6.07 Å². The van der Waals surface area contributed by atoms with Crippen LogP contribution in [-0.2, 0) is 0 Å². The second-order valence-electron chi connectivity index (χ2n) is 4.04. The summed E-state index contributed by atoms with van der Waals surface area (Å²) in [6.07, 6.45) is 4.42. The summed E-state index contributed by atoms with van der Waals surface area (Å²) in [5.74, 6) is 0.654. The molecular weight excluding hydrogens is 248 g/mol. The fourth-order valence-corrected chi connectivity index (χ4v) is 3.16. The van der Waals surface area contributed by atoms with Crippen LogP contribution in [0.15, 0.2) is 22.9 Å². The number of rotatable bonds is 3. The van der Waals surface area contributed by atoms with Gasteiger partial charge in [-0.15, -0.1) is 22.7 Å². The number of hydrogen-bond donors (Lipinski definition) is 0. The van der Waals surface area contributed by atoms with Crippen LogP contribution in [0.4, 0.5) is 0 Å². The van der Waals surface area contributed by atoms with E-state index in [-0.39, 0.29) is 0 Å². The molecule has 0 saturated heterocycles. The number of thiazole rings is 1. The molecule has 1 aliphatic carbocycles. The Morgan fingerprint density at radius 3 is 3.00 bits per heavy atom. The third-order valence-electron chi connectivity index (χ3n) is 2.70. The summed E-state index contributed by atoms with van der Waals surface area (Å²) < 4.78 is 0. The summed E-state index contributed by atoms with van der Waals surface area (Å²) in [6.45, 7) is 0. The fraction of sp³-hybridized carbons (Fsp3) is 0.231. The third kappa shape index (κ3) is 2.31. The minimum absolute atomic E-state index is 0.654. The number of nitriles is 1. The molecule has 0 atom stereocenters. The molecular formula is C13H10N2S2. The first-order valence-corrected chi connectivity index (χ1v) is 7.24. The highest BCUT2D eigenvalue weighted by Crippen LogP contribution is 2.40. The van der Waals surface area contributed by atoms with Crippen LogP contribution in [0.5, 0.6) is 0 Å². The maximum Gasteiger partial charge on any atom is 0.134 e. The molecule has 0 N–H and O–H groups in total. The van der Waals surface area contributed by atoms with Crippen LogP contribution in [0.25, 0.3) is 11.6 Å². The molecule has 1 fully saturated rings. The summed E-state index contributed by atoms with van der Waals surface area (Å²) in [6, 6.07) is 6.25. The third-order valence-corrected chi connectivity index (χ3v) is 4.41. The predicted molar refractivity (Wildman–Crippen MR) is 71.9 cm³/mol. The van der Waals surface area contributed by atoms with Crippen molar-refractivity contribution in [3.63, 3.8) is 0 Å². The summed E-state index contributed by atoms with van der Waals surface area (Å²) >= 11 is 3.21. The van der Waals surface area contributed by atoms with Crippen molar-refractivity contribution in [2.24, 2.45) is 0 Å². The predicted octanol–water partition coefficient (Wildman–Crippen LogP) is 4.15. The van der Waals surface area contributed by atoms with Gasteiger partial charge < -0.3 is 0 Å². The lowest BCUT2D eigenvalue weighted by molar-refractivity contribution is 1.05. The Morgan fingerprint density at radius 1 is 1.47 bits per heavy atom. The molecule has 0 bridgehead atoms. The largest absolute Gasteiger partial charge is 0.240 e. The molecule has 3 rings (SSSR count). The average molecular weight is 258 g/mol. The maximum absolute atomic E-state index is 9.19. The Hall–Kier alpha value is -1.44. The van der Waals surface area contributed by atoms with Gasteiger partial charge in [0.2, 0.25) is 0 Å². The molecule has 0 aromatic carbocycles. The fourth-order valence-electron chi connectivity index (χ4n) is 1.63. The quantitative estimate of drug-likeness (QED) is 0.776. The Kier molecular flexibility index (Phi) is 2.79. The molecule has 0 amide bonds. The monoisotopic (exact) mass is 258 g/mol. The number of aromatic nitrogens is 1. The molecule has 4 heteroatoms. The van der Waals surface area contributed by atoms with Crippen molar-refractivity contribution in [3.05, 3.63) is 38.5 Å². The molecule has 1 aliphatic rings. The van der Waals surface area contributed by atoms with Crippen LogP contribution in [0.2, 0.25) is 0 Å². The van der Waals surface area contributed by atoms with E-state index < -0.39 is 0 Å². The van der Waals surface area contributed by atoms with E-state index in [1.165, 1.54) is 12.8 Å². The Labute approximate surface area is 108 Å². The molecule has 84 valence electrons. The smallest absolute Gasteiger partial charge is 0.134 e. The summed E-state index contributed by atoms with van der Waals surface area (Å²) in [5, 5.41) is 14.1. The molecule has 0 spiro atoms. The lowest BCUT2D eigenvalue weighted by Gasteiger charge is -1.91. The minimum atomic E-state index is 0.654. The van der Waals surface area contributed by atoms with E-state index in [9.17, 15) is 5.26 Å². The summed E-state index contributed by atoms with van der Waals surface area (Å²) in [5.41, 5.74) is 1.83. The van der Waals surface area contributed by atoms with E-state index in [4.69, 9.17) is 0 Å². The highest BCUT2D eigenvalue weighted by molar-refractivity contribution is 7.11. The summed E-state index contributed by atoms with van der Waals surface area (Å²) in [7, 11) is 0. The first-order chi connectivity index (χ1) is 8.36. The molecule has 17 heavy (non-hydrogen) atoms. The van der Waals surface area contributed by atoms with E-state index >= 15 is 0 Å². The van der Waals surface area contributed by atoms with Gasteiger partial charge in [0, 0.05) is 16.2 Å². The van der Waals surface area contributed by atoms with Gasteiger partial charge in [-0.3, -0.25) is 0 Å². The first kappa shape index (κ1) is 10.7. The Bertz CT molecular complexity index is 583. The van der Waals surface area contributed by atoms with E-state index in [1.807, 2.05) is 23.6 Å². The second-order valence-corrected chi connectivity index (χ2v) is 5.87. The van der Waals surface area contributed by atoms with Crippen LogP contribution in [0.1, 0.15) is 34.3 Å². The van der Waals surface area contributed by atoms with Gasteiger partial charge in [-0.05, 0) is 30.4 Å². The van der Waals surface area contributed by atoms with Crippen molar-refractivity contribution in [1.29, 1.82) is 5.26 Å². The Balaban J connectivity index is 1.91. The van der Waals surface area contributed by atoms with Crippen molar-refractivity contribution in [1.82, 2.24) is 4.98 Å². The van der Waals surface area contributed by atoms with E-state index in [0.717, 1.165) is 15.6 Å². The van der Waals surface area contributed by atoms with Crippen LogP contribution in [0.3, 0.4) is 0 Å². The normalized spacial score (nSPS) is 15.8.